The molecule has 1 N–H and O–H groups in total. The summed E-state index contributed by atoms with van der Waals surface area (Å²) in [4.78, 5) is 0. The summed E-state index contributed by atoms with van der Waals surface area (Å²) in [5.74, 6) is 0.313. The van der Waals surface area contributed by atoms with Gasteiger partial charge in [-0.1, -0.05) is 29.8 Å². The molecule has 1 aromatic carbocycles. The lowest BCUT2D eigenvalue weighted by Crippen LogP contribution is -2.39. The Morgan fingerprint density at radius 3 is 2.52 bits per heavy atom. The van der Waals surface area contributed by atoms with Gasteiger partial charge in [0.2, 0.25) is 0 Å². The molecular formula is C17H24ClN3. The molecule has 114 valence electrons. The van der Waals surface area contributed by atoms with E-state index in [9.17, 15) is 0 Å². The van der Waals surface area contributed by atoms with Crippen molar-refractivity contribution in [2.75, 3.05) is 6.54 Å². The van der Waals surface area contributed by atoms with Gasteiger partial charge in [0.15, 0.2) is 0 Å². The smallest absolute Gasteiger partial charge is 0.0631 e. The van der Waals surface area contributed by atoms with Gasteiger partial charge in [-0.3, -0.25) is 4.68 Å². The van der Waals surface area contributed by atoms with Crippen molar-refractivity contribution in [3.05, 3.63) is 52.8 Å². The van der Waals surface area contributed by atoms with E-state index in [1.807, 2.05) is 36.1 Å². The predicted octanol–water partition coefficient (Wildman–Crippen LogP) is 3.79. The third kappa shape index (κ3) is 4.87. The average Bonchev–Trinajstić information content (AvgIpc) is 2.80. The lowest BCUT2D eigenvalue weighted by atomic mass is 9.93. The number of hydrogen-bond acceptors (Lipinski definition) is 2. The molecule has 1 heterocycles. The van der Waals surface area contributed by atoms with E-state index >= 15 is 0 Å². The Balaban J connectivity index is 2.19. The summed E-state index contributed by atoms with van der Waals surface area (Å²) in [6.45, 7) is 7.41. The van der Waals surface area contributed by atoms with Gasteiger partial charge in [0.05, 0.1) is 5.69 Å². The molecule has 0 spiro atoms. The molecule has 0 aliphatic carbocycles. The Kier molecular flexibility index (Phi) is 5.07. The van der Waals surface area contributed by atoms with E-state index in [1.54, 1.807) is 0 Å². The highest BCUT2D eigenvalue weighted by Gasteiger charge is 2.19. The van der Waals surface area contributed by atoms with Gasteiger partial charge in [-0.05, 0) is 44.9 Å². The van der Waals surface area contributed by atoms with Crippen LogP contribution in [0.2, 0.25) is 5.02 Å². The van der Waals surface area contributed by atoms with Crippen LogP contribution in [0.25, 0.3) is 0 Å². The number of hydrogen-bond donors (Lipinski definition) is 1. The Hall–Kier alpha value is -1.32. The van der Waals surface area contributed by atoms with Crippen LogP contribution in [0.15, 0.2) is 36.5 Å². The molecule has 2 rings (SSSR count). The lowest BCUT2D eigenvalue weighted by molar-refractivity contribution is 0.404. The molecule has 0 aliphatic rings. The van der Waals surface area contributed by atoms with Crippen molar-refractivity contribution in [3.8, 4) is 0 Å². The first-order valence-corrected chi connectivity index (χ1v) is 7.71. The Labute approximate surface area is 132 Å². The van der Waals surface area contributed by atoms with Gasteiger partial charge in [0.25, 0.3) is 0 Å². The molecule has 0 fully saturated rings. The Morgan fingerprint density at radius 1 is 1.24 bits per heavy atom. The van der Waals surface area contributed by atoms with E-state index in [0.29, 0.717) is 5.92 Å². The zero-order valence-corrected chi connectivity index (χ0v) is 14.0. The minimum atomic E-state index is 0.0869. The quantitative estimate of drug-likeness (QED) is 0.911. The van der Waals surface area contributed by atoms with Gasteiger partial charge in [-0.15, -0.1) is 0 Å². The van der Waals surface area contributed by atoms with Crippen LogP contribution in [0, 0.1) is 0 Å². The van der Waals surface area contributed by atoms with Gasteiger partial charge in [-0.2, -0.15) is 5.10 Å². The standard InChI is InChI=1S/C17H24ClN3/c1-17(2,3)19-12-13(11-14-9-10-21(4)20-14)15-7-5-6-8-16(15)18/h5-10,13,19H,11-12H2,1-4H3. The predicted molar refractivity (Wildman–Crippen MR) is 88.9 cm³/mol. The lowest BCUT2D eigenvalue weighted by Gasteiger charge is -2.26. The minimum Gasteiger partial charge on any atom is -0.311 e. The van der Waals surface area contributed by atoms with Crippen molar-refractivity contribution in [3.63, 3.8) is 0 Å². The van der Waals surface area contributed by atoms with E-state index in [1.165, 1.54) is 5.56 Å². The normalized spacial score (nSPS) is 13.4. The fourth-order valence-corrected chi connectivity index (χ4v) is 2.64. The van der Waals surface area contributed by atoms with E-state index in [4.69, 9.17) is 11.6 Å². The molecule has 0 saturated carbocycles. The highest BCUT2D eigenvalue weighted by Crippen LogP contribution is 2.27. The van der Waals surface area contributed by atoms with Crippen molar-refractivity contribution in [2.45, 2.75) is 38.6 Å². The topological polar surface area (TPSA) is 29.9 Å². The SMILES string of the molecule is Cn1ccc(CC(CNC(C)(C)C)c2ccccc2Cl)n1. The summed E-state index contributed by atoms with van der Waals surface area (Å²) in [6, 6.07) is 10.2. The third-order valence-corrected chi connectivity index (χ3v) is 3.79. The van der Waals surface area contributed by atoms with Crippen LogP contribution < -0.4 is 5.32 Å². The van der Waals surface area contributed by atoms with Crippen LogP contribution in [0.3, 0.4) is 0 Å². The van der Waals surface area contributed by atoms with Crippen LogP contribution in [-0.4, -0.2) is 21.9 Å². The molecule has 1 unspecified atom stereocenters. The van der Waals surface area contributed by atoms with Crippen LogP contribution >= 0.6 is 11.6 Å². The maximum atomic E-state index is 6.39. The number of nitrogens with one attached hydrogen (secondary N) is 1. The second-order valence-electron chi connectivity index (χ2n) is 6.53. The summed E-state index contributed by atoms with van der Waals surface area (Å²) < 4.78 is 1.84. The number of benzene rings is 1. The molecule has 0 saturated heterocycles. The molecule has 3 nitrogen and oxygen atoms in total. The van der Waals surface area contributed by atoms with Crippen molar-refractivity contribution < 1.29 is 0 Å². The number of aromatic nitrogens is 2. The van der Waals surface area contributed by atoms with Crippen molar-refractivity contribution in [2.24, 2.45) is 7.05 Å². The van der Waals surface area contributed by atoms with Crippen molar-refractivity contribution >= 4 is 11.6 Å². The molecule has 21 heavy (non-hydrogen) atoms. The molecule has 1 aromatic heterocycles. The zero-order chi connectivity index (χ0) is 15.5. The number of nitrogens with zero attached hydrogens (tertiary/aromatic N) is 2. The van der Waals surface area contributed by atoms with Crippen LogP contribution in [0.4, 0.5) is 0 Å². The molecule has 0 radical (unpaired) electrons. The highest BCUT2D eigenvalue weighted by molar-refractivity contribution is 6.31. The third-order valence-electron chi connectivity index (χ3n) is 3.45. The second kappa shape index (κ2) is 6.63. The molecule has 0 aliphatic heterocycles. The number of rotatable bonds is 5. The minimum absolute atomic E-state index is 0.0869. The largest absolute Gasteiger partial charge is 0.311 e. The van der Waals surface area contributed by atoms with Crippen LogP contribution in [0.5, 0.6) is 0 Å². The maximum absolute atomic E-state index is 6.39. The number of halogens is 1. The second-order valence-corrected chi connectivity index (χ2v) is 6.94. The van der Waals surface area contributed by atoms with Crippen molar-refractivity contribution in [1.29, 1.82) is 0 Å². The summed E-state index contributed by atoms with van der Waals surface area (Å²) in [5.41, 5.74) is 2.36. The molecule has 1 atom stereocenters. The van der Waals surface area contributed by atoms with E-state index in [-0.39, 0.29) is 5.54 Å². The Bertz CT molecular complexity index is 584. The first kappa shape index (κ1) is 16.1. The monoisotopic (exact) mass is 305 g/mol. The van der Waals surface area contributed by atoms with Gasteiger partial charge < -0.3 is 5.32 Å². The van der Waals surface area contributed by atoms with E-state index < -0.39 is 0 Å². The van der Waals surface area contributed by atoms with Crippen LogP contribution in [-0.2, 0) is 13.5 Å². The van der Waals surface area contributed by atoms with Gasteiger partial charge in [-0.25, -0.2) is 0 Å². The maximum Gasteiger partial charge on any atom is 0.0631 e. The average molecular weight is 306 g/mol. The molecule has 0 bridgehead atoms. The number of aryl methyl sites for hydroxylation is 1. The summed E-state index contributed by atoms with van der Waals surface area (Å²) in [6.07, 6.45) is 2.86. The van der Waals surface area contributed by atoms with Gasteiger partial charge >= 0.3 is 0 Å². The zero-order valence-electron chi connectivity index (χ0n) is 13.2. The van der Waals surface area contributed by atoms with Crippen LogP contribution in [0.1, 0.15) is 37.9 Å². The molecule has 0 amide bonds. The fraction of sp³-hybridized carbons (Fsp3) is 0.471. The van der Waals surface area contributed by atoms with Crippen molar-refractivity contribution in [1.82, 2.24) is 15.1 Å². The first-order valence-electron chi connectivity index (χ1n) is 7.33. The fourth-order valence-electron chi connectivity index (χ4n) is 2.35. The van der Waals surface area contributed by atoms with Gasteiger partial charge in [0.1, 0.15) is 0 Å². The molecule has 4 heteroatoms. The summed E-state index contributed by atoms with van der Waals surface area (Å²) >= 11 is 6.39. The van der Waals surface area contributed by atoms with Gasteiger partial charge in [0, 0.05) is 36.3 Å². The first-order chi connectivity index (χ1) is 9.85. The van der Waals surface area contributed by atoms with E-state index in [2.05, 4.69) is 43.3 Å². The summed E-state index contributed by atoms with van der Waals surface area (Å²) in [5, 5.41) is 8.91. The van der Waals surface area contributed by atoms with E-state index in [0.717, 1.165) is 23.7 Å². The molecular weight excluding hydrogens is 282 g/mol. The molecule has 2 aromatic rings. The highest BCUT2D eigenvalue weighted by atomic mass is 35.5. The Morgan fingerprint density at radius 2 is 1.95 bits per heavy atom. The summed E-state index contributed by atoms with van der Waals surface area (Å²) in [7, 11) is 1.95.